The van der Waals surface area contributed by atoms with Gasteiger partial charge in [0.1, 0.15) is 0 Å². The number of carbonyl (C=O) groups is 2. The Hall–Kier alpha value is -1.53. The Morgan fingerprint density at radius 1 is 1.32 bits per heavy atom. The van der Waals surface area contributed by atoms with Crippen LogP contribution in [0.4, 0.5) is 8.78 Å². The molecule has 7 heteroatoms. The first-order valence-electron chi connectivity index (χ1n) is 5.26. The molecule has 1 rings (SSSR count). The molecule has 0 saturated heterocycles. The van der Waals surface area contributed by atoms with Gasteiger partial charge in [-0.3, -0.25) is 4.79 Å². The van der Waals surface area contributed by atoms with Gasteiger partial charge >= 0.3 is 5.97 Å². The van der Waals surface area contributed by atoms with E-state index in [1.54, 1.807) is 0 Å². The number of aliphatic carboxylic acids is 1. The van der Waals surface area contributed by atoms with E-state index in [0.29, 0.717) is 0 Å². The quantitative estimate of drug-likeness (QED) is 0.646. The van der Waals surface area contributed by atoms with Crippen molar-refractivity contribution in [2.75, 3.05) is 0 Å². The third-order valence-corrected chi connectivity index (χ3v) is 2.69. The second kappa shape index (κ2) is 6.08. The first-order valence-corrected chi connectivity index (χ1v) is 5.70. The van der Waals surface area contributed by atoms with Crippen molar-refractivity contribution in [2.45, 2.75) is 24.8 Å². The van der Waals surface area contributed by atoms with E-state index in [9.17, 15) is 23.5 Å². The van der Waals surface area contributed by atoms with Gasteiger partial charge in [-0.2, -0.15) is 0 Å². The first kappa shape index (κ1) is 15.5. The number of ketones is 1. The number of carbonyl (C=O) groups excluding carboxylic acids is 1. The number of Topliss-reactive ketones (excluding diaryl/α,β-unsaturated/α-hetero) is 1. The summed E-state index contributed by atoms with van der Waals surface area (Å²) < 4.78 is 25.7. The van der Waals surface area contributed by atoms with Crippen molar-refractivity contribution in [3.05, 3.63) is 34.9 Å². The number of halogens is 3. The van der Waals surface area contributed by atoms with Gasteiger partial charge in [-0.15, -0.1) is 11.6 Å². The van der Waals surface area contributed by atoms with Gasteiger partial charge in [0.2, 0.25) is 0 Å². The zero-order valence-corrected chi connectivity index (χ0v) is 10.6. The van der Waals surface area contributed by atoms with Crippen LogP contribution in [0.3, 0.4) is 0 Å². The van der Waals surface area contributed by atoms with Crippen molar-refractivity contribution in [1.29, 1.82) is 0 Å². The minimum Gasteiger partial charge on any atom is -0.479 e. The number of carboxylic acids is 1. The molecule has 2 unspecified atom stereocenters. The van der Waals surface area contributed by atoms with Gasteiger partial charge in [0.05, 0.1) is 5.38 Å². The summed E-state index contributed by atoms with van der Waals surface area (Å²) in [6, 6.07) is 2.96. The number of aliphatic hydroxyl groups excluding tert-OH is 1. The van der Waals surface area contributed by atoms with Crippen LogP contribution in [0.15, 0.2) is 18.2 Å². The highest BCUT2D eigenvalue weighted by molar-refractivity contribution is 6.33. The average molecular weight is 293 g/mol. The van der Waals surface area contributed by atoms with E-state index in [4.69, 9.17) is 16.7 Å². The molecule has 0 aliphatic rings. The smallest absolute Gasteiger partial charge is 0.337 e. The topological polar surface area (TPSA) is 74.6 Å². The minimum atomic E-state index is -2.98. The number of rotatable bonds is 5. The summed E-state index contributed by atoms with van der Waals surface area (Å²) >= 11 is 5.55. The van der Waals surface area contributed by atoms with Crippen LogP contribution >= 0.6 is 11.6 Å². The van der Waals surface area contributed by atoms with Crippen LogP contribution < -0.4 is 0 Å². The highest BCUT2D eigenvalue weighted by atomic mass is 35.5. The van der Waals surface area contributed by atoms with Gasteiger partial charge in [-0.1, -0.05) is 12.1 Å². The molecule has 0 bridgehead atoms. The molecule has 0 spiro atoms. The lowest BCUT2D eigenvalue weighted by atomic mass is 9.97. The fraction of sp³-hybridized carbons (Fsp3) is 0.333. The van der Waals surface area contributed by atoms with E-state index >= 15 is 0 Å². The molecule has 1 aromatic carbocycles. The maximum atomic E-state index is 12.9. The first-order chi connectivity index (χ1) is 8.75. The summed E-state index contributed by atoms with van der Waals surface area (Å²) in [4.78, 5) is 22.2. The zero-order chi connectivity index (χ0) is 14.7. The standard InChI is InChI=1S/C12H11ClF2O4/c1-5(13)9(16)7-3-2-6(10(17)12(18)19)4-8(7)11(14)15/h2-5,10-11,17H,1H3,(H,18,19). The predicted octanol–water partition coefficient (Wildman–Crippen LogP) is 2.55. The van der Waals surface area contributed by atoms with Gasteiger partial charge in [-0.25, -0.2) is 13.6 Å². The molecule has 2 atom stereocenters. The molecular formula is C12H11ClF2O4. The number of alkyl halides is 3. The number of hydrogen-bond donors (Lipinski definition) is 2. The fourth-order valence-corrected chi connectivity index (χ4v) is 1.63. The van der Waals surface area contributed by atoms with Crippen molar-refractivity contribution in [3.8, 4) is 0 Å². The Morgan fingerprint density at radius 3 is 2.32 bits per heavy atom. The van der Waals surface area contributed by atoms with Crippen molar-refractivity contribution in [1.82, 2.24) is 0 Å². The lowest BCUT2D eigenvalue weighted by Gasteiger charge is -2.13. The lowest BCUT2D eigenvalue weighted by molar-refractivity contribution is -0.146. The highest BCUT2D eigenvalue weighted by Gasteiger charge is 2.24. The molecule has 0 aliphatic heterocycles. The predicted molar refractivity (Wildman–Crippen MR) is 63.6 cm³/mol. The van der Waals surface area contributed by atoms with Crippen molar-refractivity contribution in [2.24, 2.45) is 0 Å². The van der Waals surface area contributed by atoms with Gasteiger partial charge in [0, 0.05) is 11.1 Å². The van der Waals surface area contributed by atoms with Crippen LogP contribution in [0.5, 0.6) is 0 Å². The molecule has 0 amide bonds. The van der Waals surface area contributed by atoms with Crippen LogP contribution in [-0.2, 0) is 4.79 Å². The highest BCUT2D eigenvalue weighted by Crippen LogP contribution is 2.28. The molecule has 0 heterocycles. The van der Waals surface area contributed by atoms with Crippen LogP contribution in [0.2, 0.25) is 0 Å². The Labute approximate surface area is 112 Å². The number of aliphatic hydroxyl groups is 1. The third kappa shape index (κ3) is 3.48. The largest absolute Gasteiger partial charge is 0.479 e. The van der Waals surface area contributed by atoms with Crippen LogP contribution in [0.1, 0.15) is 40.9 Å². The molecule has 19 heavy (non-hydrogen) atoms. The Bertz CT molecular complexity index is 503. The fourth-order valence-electron chi connectivity index (χ4n) is 1.51. The molecular weight excluding hydrogens is 282 g/mol. The summed E-state index contributed by atoms with van der Waals surface area (Å²) in [7, 11) is 0. The van der Waals surface area contributed by atoms with Crippen LogP contribution in [-0.4, -0.2) is 27.3 Å². The molecule has 0 fully saturated rings. The van der Waals surface area contributed by atoms with Crippen molar-refractivity contribution >= 4 is 23.4 Å². The summed E-state index contributed by atoms with van der Waals surface area (Å²) in [6.07, 6.45) is -4.90. The number of carboxylic acid groups (broad SMARTS) is 1. The van der Waals surface area contributed by atoms with Gasteiger partial charge in [0.25, 0.3) is 6.43 Å². The van der Waals surface area contributed by atoms with E-state index in [1.165, 1.54) is 6.92 Å². The summed E-state index contributed by atoms with van der Waals surface area (Å²) in [5.74, 6) is -2.25. The number of benzene rings is 1. The van der Waals surface area contributed by atoms with Crippen LogP contribution in [0.25, 0.3) is 0 Å². The van der Waals surface area contributed by atoms with Crippen molar-refractivity contribution in [3.63, 3.8) is 0 Å². The molecule has 0 radical (unpaired) electrons. The summed E-state index contributed by atoms with van der Waals surface area (Å²) in [5.41, 5.74) is -1.14. The summed E-state index contributed by atoms with van der Waals surface area (Å²) in [6.45, 7) is 1.35. The Kier molecular flexibility index (Phi) is 4.97. The average Bonchev–Trinajstić information content (AvgIpc) is 2.35. The lowest BCUT2D eigenvalue weighted by Crippen LogP contribution is -2.15. The zero-order valence-electron chi connectivity index (χ0n) is 9.81. The molecule has 2 N–H and O–H groups in total. The normalized spacial score (nSPS) is 14.2. The number of hydrogen-bond acceptors (Lipinski definition) is 3. The van der Waals surface area contributed by atoms with E-state index in [1.807, 2.05) is 0 Å². The Balaban J connectivity index is 3.30. The molecule has 0 aromatic heterocycles. The van der Waals surface area contributed by atoms with Gasteiger partial charge < -0.3 is 10.2 Å². The third-order valence-electron chi connectivity index (χ3n) is 2.49. The molecule has 104 valence electrons. The van der Waals surface area contributed by atoms with Gasteiger partial charge in [0.15, 0.2) is 11.9 Å². The minimum absolute atomic E-state index is 0.221. The Morgan fingerprint density at radius 2 is 1.89 bits per heavy atom. The monoisotopic (exact) mass is 292 g/mol. The second-order valence-corrected chi connectivity index (χ2v) is 4.52. The molecule has 0 saturated carbocycles. The molecule has 1 aromatic rings. The van der Waals surface area contributed by atoms with Crippen molar-refractivity contribution < 1.29 is 28.6 Å². The van der Waals surface area contributed by atoms with E-state index in [-0.39, 0.29) is 11.1 Å². The van der Waals surface area contributed by atoms with E-state index < -0.39 is 35.2 Å². The second-order valence-electron chi connectivity index (χ2n) is 3.87. The van der Waals surface area contributed by atoms with E-state index in [2.05, 4.69) is 0 Å². The molecule has 4 nitrogen and oxygen atoms in total. The van der Waals surface area contributed by atoms with Gasteiger partial charge in [-0.05, 0) is 18.6 Å². The van der Waals surface area contributed by atoms with E-state index in [0.717, 1.165) is 18.2 Å². The summed E-state index contributed by atoms with van der Waals surface area (Å²) in [5, 5.41) is 16.9. The van der Waals surface area contributed by atoms with Crippen LogP contribution in [0, 0.1) is 0 Å². The maximum absolute atomic E-state index is 12.9. The maximum Gasteiger partial charge on any atom is 0.337 e. The SMILES string of the molecule is CC(Cl)C(=O)c1ccc(C(O)C(=O)O)cc1C(F)F. The molecule has 0 aliphatic carbocycles.